The number of benzene rings is 1. The smallest absolute Gasteiger partial charge is 0.241 e. The molecule has 2 heterocycles. The minimum Gasteiger partial charge on any atom is -0.324 e. The zero-order chi connectivity index (χ0) is 14.8. The van der Waals surface area contributed by atoms with Gasteiger partial charge >= 0.3 is 0 Å². The average Bonchev–Trinajstić information content (AvgIpc) is 2.96. The minimum absolute atomic E-state index is 0.0722. The van der Waals surface area contributed by atoms with Crippen LogP contribution in [0.1, 0.15) is 22.9 Å². The largest absolute Gasteiger partial charge is 0.324 e. The number of rotatable bonds is 3. The number of carbonyl (C=O) groups is 1. The minimum atomic E-state index is -0.113. The third-order valence-corrected chi connectivity index (χ3v) is 5.19. The van der Waals surface area contributed by atoms with Gasteiger partial charge < -0.3 is 5.32 Å². The van der Waals surface area contributed by atoms with Gasteiger partial charge in [0.1, 0.15) is 0 Å². The van der Waals surface area contributed by atoms with E-state index in [1.54, 1.807) is 0 Å². The van der Waals surface area contributed by atoms with Crippen molar-refractivity contribution in [1.82, 2.24) is 4.90 Å². The lowest BCUT2D eigenvalue weighted by Gasteiger charge is -2.31. The SMILES string of the molecule is Cc1ccccc1NC(=O)[C@H](C)N1CCc2sccc2C1. The fraction of sp³-hybridized carbons (Fsp3) is 0.353. The molecule has 1 amide bonds. The number of carbonyl (C=O) groups excluding carboxylic acids is 1. The first-order chi connectivity index (χ1) is 10.1. The molecule has 3 nitrogen and oxygen atoms in total. The quantitative estimate of drug-likeness (QED) is 0.941. The van der Waals surface area contributed by atoms with Gasteiger partial charge in [0.25, 0.3) is 0 Å². The van der Waals surface area contributed by atoms with Crippen LogP contribution in [0, 0.1) is 6.92 Å². The summed E-state index contributed by atoms with van der Waals surface area (Å²) in [5.74, 6) is 0.0722. The Morgan fingerprint density at radius 2 is 2.14 bits per heavy atom. The number of hydrogen-bond acceptors (Lipinski definition) is 3. The molecular formula is C17H20N2OS. The van der Waals surface area contributed by atoms with Crippen LogP contribution in [0.3, 0.4) is 0 Å². The predicted molar refractivity (Wildman–Crippen MR) is 87.7 cm³/mol. The van der Waals surface area contributed by atoms with Crippen LogP contribution < -0.4 is 5.32 Å². The number of nitrogens with one attached hydrogen (secondary N) is 1. The fourth-order valence-electron chi connectivity index (χ4n) is 2.72. The molecule has 1 atom stereocenters. The number of hydrogen-bond donors (Lipinski definition) is 1. The van der Waals surface area contributed by atoms with Crippen LogP contribution in [-0.2, 0) is 17.8 Å². The van der Waals surface area contributed by atoms with Crippen molar-refractivity contribution in [1.29, 1.82) is 0 Å². The fourth-order valence-corrected chi connectivity index (χ4v) is 3.61. The van der Waals surface area contributed by atoms with E-state index in [1.165, 1.54) is 10.4 Å². The molecule has 0 bridgehead atoms. The second-order valence-electron chi connectivity index (χ2n) is 5.57. The van der Waals surface area contributed by atoms with E-state index in [2.05, 4.69) is 21.7 Å². The molecule has 21 heavy (non-hydrogen) atoms. The highest BCUT2D eigenvalue weighted by Gasteiger charge is 2.26. The second kappa shape index (κ2) is 6.00. The van der Waals surface area contributed by atoms with Gasteiger partial charge in [-0.15, -0.1) is 11.3 Å². The molecule has 110 valence electrons. The highest BCUT2D eigenvalue weighted by molar-refractivity contribution is 7.10. The lowest BCUT2D eigenvalue weighted by Crippen LogP contribution is -2.44. The molecule has 0 saturated carbocycles. The summed E-state index contributed by atoms with van der Waals surface area (Å²) < 4.78 is 0. The van der Waals surface area contributed by atoms with Crippen LogP contribution in [0.15, 0.2) is 35.7 Å². The number of fused-ring (bicyclic) bond motifs is 1. The summed E-state index contributed by atoms with van der Waals surface area (Å²) in [6.45, 7) is 5.83. The Morgan fingerprint density at radius 3 is 2.95 bits per heavy atom. The maximum absolute atomic E-state index is 12.5. The average molecular weight is 300 g/mol. The molecule has 0 spiro atoms. The second-order valence-corrected chi connectivity index (χ2v) is 6.57. The molecule has 1 aromatic carbocycles. The molecule has 1 aliphatic heterocycles. The molecule has 0 saturated heterocycles. The molecule has 0 aliphatic carbocycles. The van der Waals surface area contributed by atoms with Crippen molar-refractivity contribution >= 4 is 22.9 Å². The first-order valence-corrected chi connectivity index (χ1v) is 8.19. The highest BCUT2D eigenvalue weighted by atomic mass is 32.1. The van der Waals surface area contributed by atoms with Crippen molar-refractivity contribution in [3.05, 3.63) is 51.7 Å². The Hall–Kier alpha value is -1.65. The number of thiophene rings is 1. The lowest BCUT2D eigenvalue weighted by atomic mass is 10.1. The Labute approximate surface area is 129 Å². The van der Waals surface area contributed by atoms with E-state index in [4.69, 9.17) is 0 Å². The predicted octanol–water partition coefficient (Wildman–Crippen LogP) is 3.44. The molecule has 0 radical (unpaired) electrons. The number of amides is 1. The van der Waals surface area contributed by atoms with Gasteiger partial charge in [-0.05, 0) is 48.9 Å². The van der Waals surface area contributed by atoms with E-state index in [0.717, 1.165) is 30.8 Å². The molecule has 0 fully saturated rings. The van der Waals surface area contributed by atoms with Gasteiger partial charge in [-0.25, -0.2) is 0 Å². The van der Waals surface area contributed by atoms with E-state index < -0.39 is 0 Å². The topological polar surface area (TPSA) is 32.3 Å². The molecule has 1 aliphatic rings. The monoisotopic (exact) mass is 300 g/mol. The van der Waals surface area contributed by atoms with Crippen LogP contribution in [-0.4, -0.2) is 23.4 Å². The van der Waals surface area contributed by atoms with E-state index in [0.29, 0.717) is 0 Å². The van der Waals surface area contributed by atoms with Gasteiger partial charge in [-0.3, -0.25) is 9.69 Å². The standard InChI is InChI=1S/C17H20N2OS/c1-12-5-3-4-6-15(12)18-17(20)13(2)19-9-7-16-14(11-19)8-10-21-16/h3-6,8,10,13H,7,9,11H2,1-2H3,(H,18,20)/t13-/m0/s1. The normalized spacial score (nSPS) is 16.3. The summed E-state index contributed by atoms with van der Waals surface area (Å²) in [5, 5.41) is 5.19. The van der Waals surface area contributed by atoms with Gasteiger partial charge in [0.05, 0.1) is 6.04 Å². The summed E-state index contributed by atoms with van der Waals surface area (Å²) >= 11 is 1.82. The lowest BCUT2D eigenvalue weighted by molar-refractivity contribution is -0.121. The molecule has 2 aromatic rings. The number of aryl methyl sites for hydroxylation is 1. The Balaban J connectivity index is 1.67. The first-order valence-electron chi connectivity index (χ1n) is 7.31. The van der Waals surface area contributed by atoms with Crippen molar-refractivity contribution in [3.63, 3.8) is 0 Å². The van der Waals surface area contributed by atoms with Gasteiger partial charge in [-0.2, -0.15) is 0 Å². The molecule has 4 heteroatoms. The van der Waals surface area contributed by atoms with Gasteiger partial charge in [-0.1, -0.05) is 18.2 Å². The van der Waals surface area contributed by atoms with Crippen molar-refractivity contribution in [3.8, 4) is 0 Å². The van der Waals surface area contributed by atoms with Crippen LogP contribution in [0.2, 0.25) is 0 Å². The summed E-state index contributed by atoms with van der Waals surface area (Å²) in [6.07, 6.45) is 1.05. The van der Waals surface area contributed by atoms with Gasteiger partial charge in [0.15, 0.2) is 0 Å². The highest BCUT2D eigenvalue weighted by Crippen LogP contribution is 2.25. The third-order valence-electron chi connectivity index (χ3n) is 4.17. The summed E-state index contributed by atoms with van der Waals surface area (Å²) in [4.78, 5) is 16.2. The first kappa shape index (κ1) is 14.3. The number of nitrogens with zero attached hydrogens (tertiary/aromatic N) is 1. The van der Waals surface area contributed by atoms with Crippen LogP contribution in [0.25, 0.3) is 0 Å². The molecular weight excluding hydrogens is 280 g/mol. The van der Waals surface area contributed by atoms with Gasteiger partial charge in [0.2, 0.25) is 5.91 Å². The van der Waals surface area contributed by atoms with Crippen LogP contribution in [0.5, 0.6) is 0 Å². The zero-order valence-corrected chi connectivity index (χ0v) is 13.2. The number of para-hydroxylation sites is 1. The van der Waals surface area contributed by atoms with E-state index in [-0.39, 0.29) is 11.9 Å². The van der Waals surface area contributed by atoms with E-state index in [1.807, 2.05) is 49.4 Å². The van der Waals surface area contributed by atoms with Crippen LogP contribution in [0.4, 0.5) is 5.69 Å². The summed E-state index contributed by atoms with van der Waals surface area (Å²) in [5.41, 5.74) is 3.38. The zero-order valence-electron chi connectivity index (χ0n) is 12.4. The van der Waals surface area contributed by atoms with E-state index in [9.17, 15) is 4.79 Å². The third kappa shape index (κ3) is 3.01. The molecule has 1 N–H and O–H groups in total. The van der Waals surface area contributed by atoms with Crippen molar-refractivity contribution in [2.75, 3.05) is 11.9 Å². The Bertz CT molecular complexity index is 650. The Kier molecular flexibility index (Phi) is 4.08. The molecule has 1 aromatic heterocycles. The maximum atomic E-state index is 12.5. The van der Waals surface area contributed by atoms with Crippen LogP contribution >= 0.6 is 11.3 Å². The van der Waals surface area contributed by atoms with Crippen molar-refractivity contribution < 1.29 is 4.79 Å². The molecule has 0 unspecified atom stereocenters. The summed E-state index contributed by atoms with van der Waals surface area (Å²) in [7, 11) is 0. The maximum Gasteiger partial charge on any atom is 0.241 e. The number of anilines is 1. The molecule has 3 rings (SSSR count). The van der Waals surface area contributed by atoms with Gasteiger partial charge in [0, 0.05) is 23.7 Å². The van der Waals surface area contributed by atoms with Crippen molar-refractivity contribution in [2.24, 2.45) is 0 Å². The van der Waals surface area contributed by atoms with Crippen molar-refractivity contribution in [2.45, 2.75) is 32.9 Å². The summed E-state index contributed by atoms with van der Waals surface area (Å²) in [6, 6.07) is 9.96. The Morgan fingerprint density at radius 1 is 1.33 bits per heavy atom. The van der Waals surface area contributed by atoms with E-state index >= 15 is 0 Å².